The van der Waals surface area contributed by atoms with Gasteiger partial charge < -0.3 is 10.1 Å². The molecule has 0 aliphatic heterocycles. The molecule has 5 heteroatoms. The van der Waals surface area contributed by atoms with Gasteiger partial charge >= 0.3 is 0 Å². The van der Waals surface area contributed by atoms with E-state index >= 15 is 0 Å². The first-order chi connectivity index (χ1) is 9.70. The Morgan fingerprint density at radius 1 is 1.40 bits per heavy atom. The number of halogens is 1. The predicted molar refractivity (Wildman–Crippen MR) is 81.0 cm³/mol. The summed E-state index contributed by atoms with van der Waals surface area (Å²) < 4.78 is 6.09. The molecule has 2 rings (SSSR count). The summed E-state index contributed by atoms with van der Waals surface area (Å²) in [7, 11) is 1.63. The van der Waals surface area contributed by atoms with Crippen molar-refractivity contribution < 1.29 is 9.53 Å². The summed E-state index contributed by atoms with van der Waals surface area (Å²) in [6.45, 7) is 0.576. The van der Waals surface area contributed by atoms with Gasteiger partial charge in [-0.1, -0.05) is 6.07 Å². The number of nitrogens with zero attached hydrogens (tertiary/aromatic N) is 1. The average molecular weight is 335 g/mol. The lowest BCUT2D eigenvalue weighted by molar-refractivity contribution is 0.0954. The molecule has 0 aliphatic rings. The van der Waals surface area contributed by atoms with Gasteiger partial charge in [0, 0.05) is 18.9 Å². The average Bonchev–Trinajstić information content (AvgIpc) is 2.48. The van der Waals surface area contributed by atoms with Crippen LogP contribution in [0.3, 0.4) is 0 Å². The fourth-order valence-electron chi connectivity index (χ4n) is 1.78. The van der Waals surface area contributed by atoms with Gasteiger partial charge in [0.25, 0.3) is 5.91 Å². The monoisotopic (exact) mass is 334 g/mol. The number of rotatable bonds is 5. The topological polar surface area (TPSA) is 51.2 Å². The zero-order valence-corrected chi connectivity index (χ0v) is 12.7. The van der Waals surface area contributed by atoms with Crippen LogP contribution < -0.4 is 10.1 Å². The summed E-state index contributed by atoms with van der Waals surface area (Å²) in [4.78, 5) is 15.7. The number of hydrogen-bond acceptors (Lipinski definition) is 3. The van der Waals surface area contributed by atoms with Gasteiger partial charge in [0.05, 0.1) is 17.1 Å². The van der Waals surface area contributed by atoms with Crippen molar-refractivity contribution in [2.24, 2.45) is 0 Å². The summed E-state index contributed by atoms with van der Waals surface area (Å²) in [5.41, 5.74) is 1.70. The number of ether oxygens (including phenoxy) is 1. The van der Waals surface area contributed by atoms with Crippen LogP contribution >= 0.6 is 15.9 Å². The van der Waals surface area contributed by atoms with E-state index in [1.165, 1.54) is 0 Å². The third-order valence-electron chi connectivity index (χ3n) is 2.84. The largest absolute Gasteiger partial charge is 0.496 e. The standard InChI is InChI=1S/C15H15BrN2O2/c1-20-14-5-4-11(9-13(14)16)6-8-18-15(19)12-3-2-7-17-10-12/h2-5,7,9-10H,6,8H2,1H3,(H,18,19). The minimum Gasteiger partial charge on any atom is -0.496 e. The van der Waals surface area contributed by atoms with Crippen molar-refractivity contribution in [1.29, 1.82) is 0 Å². The second kappa shape index (κ2) is 7.05. The summed E-state index contributed by atoms with van der Waals surface area (Å²) in [5, 5.41) is 2.87. The van der Waals surface area contributed by atoms with E-state index in [4.69, 9.17) is 4.74 Å². The maximum atomic E-state index is 11.8. The highest BCUT2D eigenvalue weighted by Crippen LogP contribution is 2.25. The maximum absolute atomic E-state index is 11.8. The number of amides is 1. The van der Waals surface area contributed by atoms with E-state index in [1.807, 2.05) is 18.2 Å². The summed E-state index contributed by atoms with van der Waals surface area (Å²) in [5.74, 6) is 0.693. The molecule has 1 amide bonds. The number of carbonyl (C=O) groups is 1. The summed E-state index contributed by atoms with van der Waals surface area (Å²) in [6.07, 6.45) is 3.96. The third-order valence-corrected chi connectivity index (χ3v) is 3.46. The SMILES string of the molecule is COc1ccc(CCNC(=O)c2cccnc2)cc1Br. The van der Waals surface area contributed by atoms with Crippen molar-refractivity contribution in [1.82, 2.24) is 10.3 Å². The Morgan fingerprint density at radius 2 is 2.25 bits per heavy atom. The molecular formula is C15H15BrN2O2. The van der Waals surface area contributed by atoms with Crippen molar-refractivity contribution in [3.05, 3.63) is 58.3 Å². The molecule has 1 heterocycles. The molecule has 0 saturated heterocycles. The smallest absolute Gasteiger partial charge is 0.252 e. The molecule has 0 bridgehead atoms. The minimum atomic E-state index is -0.106. The highest BCUT2D eigenvalue weighted by atomic mass is 79.9. The van der Waals surface area contributed by atoms with Crippen LogP contribution in [0.1, 0.15) is 15.9 Å². The normalized spacial score (nSPS) is 10.1. The lowest BCUT2D eigenvalue weighted by atomic mass is 10.1. The highest BCUT2D eigenvalue weighted by Gasteiger charge is 2.05. The Balaban J connectivity index is 1.87. The van der Waals surface area contributed by atoms with E-state index in [0.29, 0.717) is 12.1 Å². The molecule has 104 valence electrons. The highest BCUT2D eigenvalue weighted by molar-refractivity contribution is 9.10. The zero-order valence-electron chi connectivity index (χ0n) is 11.1. The number of hydrogen-bond donors (Lipinski definition) is 1. The van der Waals surface area contributed by atoms with E-state index in [2.05, 4.69) is 26.2 Å². The zero-order chi connectivity index (χ0) is 14.4. The number of nitrogens with one attached hydrogen (secondary N) is 1. The second-order valence-electron chi connectivity index (χ2n) is 4.22. The van der Waals surface area contributed by atoms with E-state index in [0.717, 1.165) is 22.2 Å². The molecule has 0 aliphatic carbocycles. The Labute approximate surface area is 126 Å². The van der Waals surface area contributed by atoms with Crippen LogP contribution in [0.2, 0.25) is 0 Å². The summed E-state index contributed by atoms with van der Waals surface area (Å²) >= 11 is 3.44. The maximum Gasteiger partial charge on any atom is 0.252 e. The van der Waals surface area contributed by atoms with Crippen LogP contribution in [0.4, 0.5) is 0 Å². The Morgan fingerprint density at radius 3 is 2.90 bits per heavy atom. The van der Waals surface area contributed by atoms with E-state index in [-0.39, 0.29) is 5.91 Å². The fraction of sp³-hybridized carbons (Fsp3) is 0.200. The first kappa shape index (κ1) is 14.5. The molecule has 1 N–H and O–H groups in total. The number of benzene rings is 1. The van der Waals surface area contributed by atoms with Crippen LogP contribution in [0, 0.1) is 0 Å². The molecule has 0 atom stereocenters. The minimum absolute atomic E-state index is 0.106. The van der Waals surface area contributed by atoms with Crippen molar-refractivity contribution in [3.63, 3.8) is 0 Å². The lowest BCUT2D eigenvalue weighted by Gasteiger charge is -2.07. The Bertz CT molecular complexity index is 588. The number of aromatic nitrogens is 1. The molecule has 0 unspecified atom stereocenters. The molecule has 4 nitrogen and oxygen atoms in total. The number of pyridine rings is 1. The fourth-order valence-corrected chi connectivity index (χ4v) is 2.37. The van der Waals surface area contributed by atoms with Crippen LogP contribution in [0.15, 0.2) is 47.2 Å². The quantitative estimate of drug-likeness (QED) is 0.914. The van der Waals surface area contributed by atoms with Crippen molar-refractivity contribution >= 4 is 21.8 Å². The van der Waals surface area contributed by atoms with E-state index in [1.54, 1.807) is 31.6 Å². The van der Waals surface area contributed by atoms with E-state index < -0.39 is 0 Å². The van der Waals surface area contributed by atoms with Gasteiger partial charge in [-0.2, -0.15) is 0 Å². The van der Waals surface area contributed by atoms with Crippen LogP contribution in [-0.2, 0) is 6.42 Å². The lowest BCUT2D eigenvalue weighted by Crippen LogP contribution is -2.25. The predicted octanol–water partition coefficient (Wildman–Crippen LogP) is 2.83. The molecule has 0 saturated carbocycles. The van der Waals surface area contributed by atoms with Gasteiger partial charge in [-0.25, -0.2) is 0 Å². The van der Waals surface area contributed by atoms with Crippen molar-refractivity contribution in [3.8, 4) is 5.75 Å². The Kier molecular flexibility index (Phi) is 5.12. The third kappa shape index (κ3) is 3.81. The first-order valence-electron chi connectivity index (χ1n) is 6.21. The second-order valence-corrected chi connectivity index (χ2v) is 5.07. The van der Waals surface area contributed by atoms with E-state index in [9.17, 15) is 4.79 Å². The van der Waals surface area contributed by atoms with Crippen LogP contribution in [0.5, 0.6) is 5.75 Å². The van der Waals surface area contributed by atoms with Gasteiger partial charge in [-0.05, 0) is 52.2 Å². The Hall–Kier alpha value is -1.88. The number of methoxy groups -OCH3 is 1. The van der Waals surface area contributed by atoms with Crippen LogP contribution in [0.25, 0.3) is 0 Å². The molecule has 1 aromatic carbocycles. The van der Waals surface area contributed by atoms with Gasteiger partial charge in [-0.3, -0.25) is 9.78 Å². The molecular weight excluding hydrogens is 320 g/mol. The molecule has 0 spiro atoms. The summed E-state index contributed by atoms with van der Waals surface area (Å²) in [6, 6.07) is 9.37. The molecule has 2 aromatic rings. The van der Waals surface area contributed by atoms with Crippen molar-refractivity contribution in [2.75, 3.05) is 13.7 Å². The van der Waals surface area contributed by atoms with Gasteiger partial charge in [0.15, 0.2) is 0 Å². The molecule has 1 aromatic heterocycles. The number of carbonyl (C=O) groups excluding carboxylic acids is 1. The first-order valence-corrected chi connectivity index (χ1v) is 7.00. The van der Waals surface area contributed by atoms with Crippen molar-refractivity contribution in [2.45, 2.75) is 6.42 Å². The van der Waals surface area contributed by atoms with Gasteiger partial charge in [-0.15, -0.1) is 0 Å². The molecule has 0 fully saturated rings. The molecule has 20 heavy (non-hydrogen) atoms. The van der Waals surface area contributed by atoms with Crippen LogP contribution in [-0.4, -0.2) is 24.5 Å². The molecule has 0 radical (unpaired) electrons. The van der Waals surface area contributed by atoms with Gasteiger partial charge in [0.1, 0.15) is 5.75 Å². The van der Waals surface area contributed by atoms with Gasteiger partial charge in [0.2, 0.25) is 0 Å².